The average molecular weight is 364 g/mol. The Morgan fingerprint density at radius 1 is 1.22 bits per heavy atom. The highest BCUT2D eigenvalue weighted by atomic mass is 16.5. The molecule has 1 aromatic carbocycles. The molecule has 0 saturated carbocycles. The van der Waals surface area contributed by atoms with Gasteiger partial charge in [0.15, 0.2) is 0 Å². The summed E-state index contributed by atoms with van der Waals surface area (Å²) in [5, 5.41) is 3.40. The zero-order chi connectivity index (χ0) is 18.6. The molecule has 5 heteroatoms. The molecule has 0 aliphatic carbocycles. The molecule has 0 amide bonds. The first-order valence-electron chi connectivity index (χ1n) is 9.76. The van der Waals surface area contributed by atoms with Crippen molar-refractivity contribution in [3.8, 4) is 5.75 Å². The summed E-state index contributed by atoms with van der Waals surface area (Å²) in [6, 6.07) is 13.2. The third kappa shape index (κ3) is 4.31. The maximum Gasteiger partial charge on any atom is 0.140 e. The summed E-state index contributed by atoms with van der Waals surface area (Å²) >= 11 is 0. The van der Waals surface area contributed by atoms with E-state index in [9.17, 15) is 0 Å². The van der Waals surface area contributed by atoms with Crippen molar-refractivity contribution in [3.63, 3.8) is 0 Å². The minimum atomic E-state index is 0.483. The van der Waals surface area contributed by atoms with Crippen LogP contribution in [0.4, 0.5) is 0 Å². The van der Waals surface area contributed by atoms with Gasteiger partial charge in [0.1, 0.15) is 18.0 Å². The number of imidazole rings is 1. The van der Waals surface area contributed by atoms with Crippen LogP contribution >= 0.6 is 0 Å². The van der Waals surface area contributed by atoms with Gasteiger partial charge in [0.05, 0.1) is 5.69 Å². The Balaban J connectivity index is 1.34. The fourth-order valence-corrected chi connectivity index (χ4v) is 3.82. The molecular formula is C22H28N4O. The van der Waals surface area contributed by atoms with Crippen LogP contribution in [-0.2, 0) is 13.2 Å². The maximum absolute atomic E-state index is 5.94. The van der Waals surface area contributed by atoms with Crippen molar-refractivity contribution in [2.75, 3.05) is 20.1 Å². The third-order valence-corrected chi connectivity index (χ3v) is 5.36. The SMILES string of the molecule is CNC1CCCN(Cc2ccc(OCc3cn4cccc(C)c4n3)cc2)C1. The van der Waals surface area contributed by atoms with Crippen LogP contribution in [-0.4, -0.2) is 40.5 Å². The number of hydrogen-bond donors (Lipinski definition) is 1. The second kappa shape index (κ2) is 8.11. The number of aromatic nitrogens is 2. The molecule has 1 N–H and O–H groups in total. The van der Waals surface area contributed by atoms with E-state index in [1.807, 2.05) is 22.9 Å². The van der Waals surface area contributed by atoms with E-state index in [1.54, 1.807) is 0 Å². The number of nitrogens with zero attached hydrogens (tertiary/aromatic N) is 3. The van der Waals surface area contributed by atoms with Gasteiger partial charge >= 0.3 is 0 Å². The van der Waals surface area contributed by atoms with E-state index < -0.39 is 0 Å². The smallest absolute Gasteiger partial charge is 0.140 e. The van der Waals surface area contributed by atoms with Gasteiger partial charge in [-0.05, 0) is 62.7 Å². The molecule has 1 saturated heterocycles. The zero-order valence-electron chi connectivity index (χ0n) is 16.2. The van der Waals surface area contributed by atoms with Gasteiger partial charge in [-0.3, -0.25) is 4.90 Å². The fraction of sp³-hybridized carbons (Fsp3) is 0.409. The van der Waals surface area contributed by atoms with Crippen LogP contribution in [0.25, 0.3) is 5.65 Å². The lowest BCUT2D eigenvalue weighted by atomic mass is 10.1. The molecule has 27 heavy (non-hydrogen) atoms. The Morgan fingerprint density at radius 3 is 2.85 bits per heavy atom. The Hall–Kier alpha value is -2.37. The van der Waals surface area contributed by atoms with Gasteiger partial charge in [-0.2, -0.15) is 0 Å². The van der Waals surface area contributed by atoms with Gasteiger partial charge in [0.25, 0.3) is 0 Å². The molecule has 1 atom stereocenters. The van der Waals surface area contributed by atoms with Gasteiger partial charge in [0.2, 0.25) is 0 Å². The van der Waals surface area contributed by atoms with Crippen LogP contribution in [0, 0.1) is 6.92 Å². The molecule has 0 radical (unpaired) electrons. The predicted octanol–water partition coefficient (Wildman–Crippen LogP) is 3.41. The number of aryl methyl sites for hydroxylation is 1. The first kappa shape index (κ1) is 18.0. The lowest BCUT2D eigenvalue weighted by Crippen LogP contribution is -2.43. The number of likely N-dealkylation sites (N-methyl/N-ethyl adjacent to an activating group) is 1. The first-order valence-corrected chi connectivity index (χ1v) is 9.76. The predicted molar refractivity (Wildman–Crippen MR) is 108 cm³/mol. The second-order valence-electron chi connectivity index (χ2n) is 7.45. The second-order valence-corrected chi connectivity index (χ2v) is 7.45. The topological polar surface area (TPSA) is 41.8 Å². The Kier molecular flexibility index (Phi) is 5.41. The number of hydrogen-bond acceptors (Lipinski definition) is 4. The van der Waals surface area contributed by atoms with Gasteiger partial charge in [-0.1, -0.05) is 18.2 Å². The molecule has 0 spiro atoms. The highest BCUT2D eigenvalue weighted by Crippen LogP contribution is 2.18. The van der Waals surface area contributed by atoms with Gasteiger partial charge in [-0.25, -0.2) is 4.98 Å². The number of piperidine rings is 1. The van der Waals surface area contributed by atoms with Crippen molar-refractivity contribution >= 4 is 5.65 Å². The summed E-state index contributed by atoms with van der Waals surface area (Å²) in [6.45, 7) is 5.87. The molecule has 3 heterocycles. The van der Waals surface area contributed by atoms with Crippen LogP contribution in [0.1, 0.15) is 29.7 Å². The number of benzene rings is 1. The monoisotopic (exact) mass is 364 g/mol. The highest BCUT2D eigenvalue weighted by molar-refractivity contribution is 5.47. The van der Waals surface area contributed by atoms with Crippen LogP contribution in [0.2, 0.25) is 0 Å². The Morgan fingerprint density at radius 2 is 2.07 bits per heavy atom. The van der Waals surface area contributed by atoms with E-state index in [0.717, 1.165) is 30.2 Å². The van der Waals surface area contributed by atoms with Crippen molar-refractivity contribution in [2.45, 2.75) is 39.0 Å². The molecule has 5 nitrogen and oxygen atoms in total. The molecule has 0 bridgehead atoms. The molecule has 2 aromatic heterocycles. The highest BCUT2D eigenvalue weighted by Gasteiger charge is 2.18. The van der Waals surface area contributed by atoms with Crippen LogP contribution in [0.15, 0.2) is 48.8 Å². The summed E-state index contributed by atoms with van der Waals surface area (Å²) in [5.41, 5.74) is 4.45. The fourth-order valence-electron chi connectivity index (χ4n) is 3.82. The van der Waals surface area contributed by atoms with Crippen LogP contribution in [0.3, 0.4) is 0 Å². The summed E-state index contributed by atoms with van der Waals surface area (Å²) in [6.07, 6.45) is 6.60. The Labute approximate surface area is 161 Å². The number of ether oxygens (including phenoxy) is 1. The quantitative estimate of drug-likeness (QED) is 0.728. The standard InChI is InChI=1S/C22H28N4O/c1-17-5-3-12-26-15-20(24-22(17)26)16-27-21-9-7-18(8-10-21)13-25-11-4-6-19(14-25)23-2/h3,5,7-10,12,15,19,23H,4,6,11,13-14,16H2,1-2H3. The van der Waals surface area contributed by atoms with E-state index in [4.69, 9.17) is 4.74 Å². The van der Waals surface area contributed by atoms with E-state index in [2.05, 4.69) is 59.5 Å². The van der Waals surface area contributed by atoms with Crippen molar-refractivity contribution < 1.29 is 4.74 Å². The maximum atomic E-state index is 5.94. The number of likely N-dealkylation sites (tertiary alicyclic amines) is 1. The summed E-state index contributed by atoms with van der Waals surface area (Å²) in [7, 11) is 2.06. The van der Waals surface area contributed by atoms with E-state index in [1.165, 1.54) is 30.5 Å². The number of fused-ring (bicyclic) bond motifs is 1. The largest absolute Gasteiger partial charge is 0.487 e. The average Bonchev–Trinajstić information content (AvgIpc) is 3.12. The summed E-state index contributed by atoms with van der Waals surface area (Å²) in [5.74, 6) is 0.888. The molecule has 3 aromatic rings. The van der Waals surface area contributed by atoms with Crippen molar-refractivity contribution in [2.24, 2.45) is 0 Å². The lowest BCUT2D eigenvalue weighted by molar-refractivity contribution is 0.188. The lowest BCUT2D eigenvalue weighted by Gasteiger charge is -2.32. The molecule has 4 rings (SSSR count). The van der Waals surface area contributed by atoms with Gasteiger partial charge < -0.3 is 14.5 Å². The minimum absolute atomic E-state index is 0.483. The molecular weight excluding hydrogens is 336 g/mol. The van der Waals surface area contributed by atoms with Crippen LogP contribution < -0.4 is 10.1 Å². The zero-order valence-corrected chi connectivity index (χ0v) is 16.2. The molecule has 1 aliphatic heterocycles. The first-order chi connectivity index (χ1) is 13.2. The Bertz CT molecular complexity index is 887. The van der Waals surface area contributed by atoms with E-state index in [0.29, 0.717) is 12.6 Å². The molecule has 1 unspecified atom stereocenters. The van der Waals surface area contributed by atoms with Gasteiger partial charge in [-0.15, -0.1) is 0 Å². The molecule has 1 fully saturated rings. The number of rotatable bonds is 6. The van der Waals surface area contributed by atoms with E-state index in [-0.39, 0.29) is 0 Å². The van der Waals surface area contributed by atoms with Crippen molar-refractivity contribution in [3.05, 3.63) is 65.6 Å². The van der Waals surface area contributed by atoms with Crippen molar-refractivity contribution in [1.82, 2.24) is 19.6 Å². The molecule has 142 valence electrons. The number of nitrogens with one attached hydrogen (secondary N) is 1. The normalized spacial score (nSPS) is 18.1. The van der Waals surface area contributed by atoms with Crippen molar-refractivity contribution in [1.29, 1.82) is 0 Å². The third-order valence-electron chi connectivity index (χ3n) is 5.36. The molecule has 1 aliphatic rings. The summed E-state index contributed by atoms with van der Waals surface area (Å²) < 4.78 is 7.99. The minimum Gasteiger partial charge on any atom is -0.487 e. The number of pyridine rings is 1. The summed E-state index contributed by atoms with van der Waals surface area (Å²) in [4.78, 5) is 7.19. The van der Waals surface area contributed by atoms with E-state index >= 15 is 0 Å². The van der Waals surface area contributed by atoms with Gasteiger partial charge in [0, 0.05) is 31.5 Å². The van der Waals surface area contributed by atoms with Crippen LogP contribution in [0.5, 0.6) is 5.75 Å².